The first-order chi connectivity index (χ1) is 8.82. The van der Waals surface area contributed by atoms with Crippen LogP contribution in [0.2, 0.25) is 0 Å². The van der Waals surface area contributed by atoms with Crippen molar-refractivity contribution in [3.8, 4) is 0 Å². The molecule has 1 heterocycles. The van der Waals surface area contributed by atoms with Crippen molar-refractivity contribution in [3.63, 3.8) is 0 Å². The lowest BCUT2D eigenvalue weighted by molar-refractivity contribution is 0.516. The maximum atomic E-state index is 12.2. The van der Waals surface area contributed by atoms with Gasteiger partial charge in [-0.1, -0.05) is 6.92 Å². The van der Waals surface area contributed by atoms with Crippen LogP contribution in [0.3, 0.4) is 0 Å². The minimum atomic E-state index is -3.56. The third kappa shape index (κ3) is 2.70. The van der Waals surface area contributed by atoms with Gasteiger partial charge in [-0.3, -0.25) is 0 Å². The van der Waals surface area contributed by atoms with E-state index in [1.807, 2.05) is 0 Å². The molecule has 6 nitrogen and oxygen atoms in total. The molecular formula is C11H20N4O2S2. The number of nitrogen functional groups attached to an aromatic ring is 1. The number of nitrogens with zero attached hydrogens (tertiary/aromatic N) is 2. The molecule has 2 rings (SSSR count). The molecule has 3 N–H and O–H groups in total. The van der Waals surface area contributed by atoms with Crippen LogP contribution in [0.15, 0.2) is 4.90 Å². The van der Waals surface area contributed by atoms with Gasteiger partial charge in [-0.05, 0) is 36.2 Å². The Morgan fingerprint density at radius 3 is 2.58 bits per heavy atom. The van der Waals surface area contributed by atoms with Crippen LogP contribution in [0.4, 0.5) is 10.8 Å². The topological polar surface area (TPSA) is 88.3 Å². The Kier molecular flexibility index (Phi) is 3.76. The van der Waals surface area contributed by atoms with Gasteiger partial charge in [0, 0.05) is 20.6 Å². The Hall–Kier alpha value is -0.860. The number of sulfonamides is 1. The Bertz CT molecular complexity index is 561. The number of hydrogen-bond acceptors (Lipinski definition) is 6. The van der Waals surface area contributed by atoms with Crippen LogP contribution in [0, 0.1) is 5.41 Å². The normalized spacial score (nSPS) is 17.7. The van der Waals surface area contributed by atoms with Crippen LogP contribution in [-0.2, 0) is 10.0 Å². The smallest absolute Gasteiger partial charge is 0.249 e. The first kappa shape index (κ1) is 14.5. The standard InChI is InChI=1S/C11H20N4O2S2/c1-4-11(5-6-11)7-13-10-8(9(12)14-18-10)19(16,17)15(2)3/h13H,4-7H2,1-3H3,(H2,12,14). The van der Waals surface area contributed by atoms with Crippen molar-refractivity contribution >= 4 is 32.4 Å². The first-order valence-electron chi connectivity index (χ1n) is 6.24. The Balaban J connectivity index is 2.23. The molecule has 0 aromatic carbocycles. The van der Waals surface area contributed by atoms with Gasteiger partial charge in [0.25, 0.3) is 0 Å². The second-order valence-electron chi connectivity index (χ2n) is 5.22. The van der Waals surface area contributed by atoms with Crippen molar-refractivity contribution in [2.75, 3.05) is 31.7 Å². The van der Waals surface area contributed by atoms with Crippen molar-refractivity contribution in [2.24, 2.45) is 5.41 Å². The third-order valence-electron chi connectivity index (χ3n) is 3.74. The van der Waals surface area contributed by atoms with Gasteiger partial charge in [-0.2, -0.15) is 4.37 Å². The van der Waals surface area contributed by atoms with E-state index in [1.165, 1.54) is 26.9 Å². The minimum absolute atomic E-state index is 0.0718. The zero-order valence-corrected chi connectivity index (χ0v) is 13.1. The maximum Gasteiger partial charge on any atom is 0.249 e. The molecule has 0 bridgehead atoms. The molecule has 0 radical (unpaired) electrons. The molecule has 19 heavy (non-hydrogen) atoms. The summed E-state index contributed by atoms with van der Waals surface area (Å²) >= 11 is 1.11. The van der Waals surface area contributed by atoms with Gasteiger partial charge in [0.05, 0.1) is 0 Å². The molecule has 1 aliphatic carbocycles. The van der Waals surface area contributed by atoms with Crippen molar-refractivity contribution < 1.29 is 8.42 Å². The molecule has 0 atom stereocenters. The largest absolute Gasteiger partial charge is 0.382 e. The molecule has 108 valence electrons. The zero-order valence-electron chi connectivity index (χ0n) is 11.4. The van der Waals surface area contributed by atoms with Gasteiger partial charge in [-0.25, -0.2) is 12.7 Å². The molecule has 1 fully saturated rings. The van der Waals surface area contributed by atoms with Crippen LogP contribution < -0.4 is 11.1 Å². The average Bonchev–Trinajstić information content (AvgIpc) is 3.03. The fourth-order valence-corrected chi connectivity index (χ4v) is 4.01. The van der Waals surface area contributed by atoms with Gasteiger partial charge in [0.15, 0.2) is 10.7 Å². The second kappa shape index (κ2) is 4.92. The molecule has 0 spiro atoms. The average molecular weight is 304 g/mol. The molecule has 1 aromatic rings. The van der Waals surface area contributed by atoms with Crippen molar-refractivity contribution in [3.05, 3.63) is 0 Å². The Morgan fingerprint density at radius 1 is 1.47 bits per heavy atom. The van der Waals surface area contributed by atoms with E-state index >= 15 is 0 Å². The van der Waals surface area contributed by atoms with Crippen LogP contribution in [0.5, 0.6) is 0 Å². The highest BCUT2D eigenvalue weighted by Gasteiger charge is 2.41. The van der Waals surface area contributed by atoms with E-state index in [0.29, 0.717) is 10.4 Å². The molecule has 1 aliphatic rings. The predicted octanol–water partition coefficient (Wildman–Crippen LogP) is 1.58. The lowest BCUT2D eigenvalue weighted by atomic mass is 10.0. The number of aromatic nitrogens is 1. The van der Waals surface area contributed by atoms with Gasteiger partial charge < -0.3 is 11.1 Å². The number of nitrogens with one attached hydrogen (secondary N) is 1. The van der Waals surface area contributed by atoms with Gasteiger partial charge in [0.1, 0.15) is 5.00 Å². The number of nitrogens with two attached hydrogens (primary N) is 1. The quantitative estimate of drug-likeness (QED) is 0.833. The van der Waals surface area contributed by atoms with Crippen molar-refractivity contribution in [1.29, 1.82) is 0 Å². The van der Waals surface area contributed by atoms with Crippen LogP contribution in [0.25, 0.3) is 0 Å². The summed E-state index contributed by atoms with van der Waals surface area (Å²) in [7, 11) is -0.574. The molecule has 0 aliphatic heterocycles. The summed E-state index contributed by atoms with van der Waals surface area (Å²) in [5.74, 6) is 0.0718. The van der Waals surface area contributed by atoms with E-state index in [2.05, 4.69) is 16.6 Å². The summed E-state index contributed by atoms with van der Waals surface area (Å²) in [6.07, 6.45) is 3.49. The van der Waals surface area contributed by atoms with E-state index in [-0.39, 0.29) is 10.7 Å². The first-order valence-corrected chi connectivity index (χ1v) is 8.45. The number of anilines is 2. The highest BCUT2D eigenvalue weighted by atomic mass is 32.2. The van der Waals surface area contributed by atoms with E-state index in [0.717, 1.165) is 28.8 Å². The molecule has 0 unspecified atom stereocenters. The zero-order chi connectivity index (χ0) is 14.3. The lowest BCUT2D eigenvalue weighted by Crippen LogP contribution is -2.24. The monoisotopic (exact) mass is 304 g/mol. The third-order valence-corrected chi connectivity index (χ3v) is 6.58. The van der Waals surface area contributed by atoms with Gasteiger partial charge in [0.2, 0.25) is 10.0 Å². The van der Waals surface area contributed by atoms with Crippen molar-refractivity contribution in [2.45, 2.75) is 31.1 Å². The summed E-state index contributed by atoms with van der Waals surface area (Å²) < 4.78 is 29.6. The Morgan fingerprint density at radius 2 is 2.11 bits per heavy atom. The molecule has 0 amide bonds. The lowest BCUT2D eigenvalue weighted by Gasteiger charge is -2.16. The van der Waals surface area contributed by atoms with E-state index in [9.17, 15) is 8.42 Å². The summed E-state index contributed by atoms with van der Waals surface area (Å²) in [6.45, 7) is 2.94. The van der Waals surface area contributed by atoms with Crippen LogP contribution >= 0.6 is 11.5 Å². The van der Waals surface area contributed by atoms with E-state index in [1.54, 1.807) is 0 Å². The van der Waals surface area contributed by atoms with Crippen LogP contribution in [0.1, 0.15) is 26.2 Å². The highest BCUT2D eigenvalue weighted by Crippen LogP contribution is 2.49. The minimum Gasteiger partial charge on any atom is -0.382 e. The highest BCUT2D eigenvalue weighted by molar-refractivity contribution is 7.89. The fourth-order valence-electron chi connectivity index (χ4n) is 1.94. The molecular weight excluding hydrogens is 284 g/mol. The Labute approximate surface area is 118 Å². The van der Waals surface area contributed by atoms with Crippen LogP contribution in [-0.4, -0.2) is 37.7 Å². The summed E-state index contributed by atoms with van der Waals surface area (Å²) in [4.78, 5) is 0.106. The van der Waals surface area contributed by atoms with Gasteiger partial charge in [-0.15, -0.1) is 0 Å². The maximum absolute atomic E-state index is 12.2. The predicted molar refractivity (Wildman–Crippen MR) is 77.8 cm³/mol. The van der Waals surface area contributed by atoms with Gasteiger partial charge >= 0.3 is 0 Å². The van der Waals surface area contributed by atoms with E-state index < -0.39 is 10.0 Å². The number of rotatable bonds is 6. The fraction of sp³-hybridized carbons (Fsp3) is 0.727. The summed E-state index contributed by atoms with van der Waals surface area (Å²) in [5.41, 5.74) is 6.04. The molecule has 1 saturated carbocycles. The molecule has 1 aromatic heterocycles. The second-order valence-corrected chi connectivity index (χ2v) is 8.08. The summed E-state index contributed by atoms with van der Waals surface area (Å²) in [5, 5.41) is 3.77. The van der Waals surface area contributed by atoms with E-state index in [4.69, 9.17) is 5.73 Å². The SMILES string of the molecule is CCC1(CNc2snc(N)c2S(=O)(=O)N(C)C)CC1. The molecule has 0 saturated heterocycles. The number of hydrogen-bond donors (Lipinski definition) is 2. The molecule has 8 heteroatoms. The summed E-state index contributed by atoms with van der Waals surface area (Å²) in [6, 6.07) is 0. The van der Waals surface area contributed by atoms with Crippen molar-refractivity contribution in [1.82, 2.24) is 8.68 Å².